The molecule has 0 spiro atoms. The van der Waals surface area contributed by atoms with Crippen molar-refractivity contribution in [3.05, 3.63) is 77.5 Å². The molecule has 180 valence electrons. The fourth-order valence-corrected chi connectivity index (χ4v) is 4.62. The van der Waals surface area contributed by atoms with Crippen LogP contribution in [0.1, 0.15) is 47.3 Å². The van der Waals surface area contributed by atoms with E-state index >= 15 is 0 Å². The summed E-state index contributed by atoms with van der Waals surface area (Å²) in [6, 6.07) is 16.4. The molecule has 0 atom stereocenters. The Kier molecular flexibility index (Phi) is 7.41. The van der Waals surface area contributed by atoms with Crippen molar-refractivity contribution in [3.63, 3.8) is 0 Å². The van der Waals surface area contributed by atoms with E-state index in [0.717, 1.165) is 61.7 Å². The monoisotopic (exact) mass is 469 g/mol. The van der Waals surface area contributed by atoms with E-state index in [-0.39, 0.29) is 5.69 Å². The van der Waals surface area contributed by atoms with E-state index in [0.29, 0.717) is 5.56 Å². The van der Waals surface area contributed by atoms with Gasteiger partial charge in [0.2, 0.25) is 0 Å². The second-order valence-corrected chi connectivity index (χ2v) is 8.83. The molecule has 1 amide bonds. The lowest BCUT2D eigenvalue weighted by molar-refractivity contribution is -0.137. The first-order chi connectivity index (χ1) is 16.3. The highest BCUT2D eigenvalue weighted by molar-refractivity contribution is 6.06. The fourth-order valence-electron chi connectivity index (χ4n) is 4.62. The number of alkyl halides is 3. The number of halogens is 3. The van der Waals surface area contributed by atoms with Crippen molar-refractivity contribution in [2.45, 2.75) is 45.3 Å². The van der Waals surface area contributed by atoms with Crippen LogP contribution in [0.3, 0.4) is 0 Å². The second kappa shape index (κ2) is 10.5. The van der Waals surface area contributed by atoms with Crippen LogP contribution in [0.15, 0.2) is 60.7 Å². The van der Waals surface area contributed by atoms with Gasteiger partial charge in [-0.3, -0.25) is 4.79 Å². The molecular weight excluding hydrogens is 439 g/mol. The summed E-state index contributed by atoms with van der Waals surface area (Å²) in [5.74, 6) is -0.413. The molecule has 3 aromatic rings. The highest BCUT2D eigenvalue weighted by atomic mass is 19.4. The lowest BCUT2D eigenvalue weighted by Crippen LogP contribution is -2.31. The van der Waals surface area contributed by atoms with E-state index in [2.05, 4.69) is 14.8 Å². The zero-order valence-corrected chi connectivity index (χ0v) is 19.4. The number of hydrogen-bond acceptors (Lipinski definition) is 2. The van der Waals surface area contributed by atoms with Crippen LogP contribution in [0.2, 0.25) is 0 Å². The molecule has 1 saturated heterocycles. The van der Waals surface area contributed by atoms with Gasteiger partial charge in [0.15, 0.2) is 0 Å². The number of amides is 1. The second-order valence-electron chi connectivity index (χ2n) is 8.83. The topological polar surface area (TPSA) is 37.3 Å². The molecular formula is C27H30F3N3O. The Balaban J connectivity index is 1.56. The minimum Gasteiger partial charge on any atom is -0.344 e. The van der Waals surface area contributed by atoms with Crippen LogP contribution in [0.4, 0.5) is 18.9 Å². The van der Waals surface area contributed by atoms with Gasteiger partial charge in [0, 0.05) is 23.6 Å². The number of anilines is 1. The van der Waals surface area contributed by atoms with Crippen molar-refractivity contribution < 1.29 is 18.0 Å². The molecule has 0 radical (unpaired) electrons. The van der Waals surface area contributed by atoms with E-state index in [1.165, 1.54) is 31.4 Å². The standard InChI is InChI=1S/C27H30F3N3O/c1-20-24(26(34)31-23-13-8-12-22(18-23)27(28,29)30)19-25(21-10-4-2-5-11-21)33(20)17-9-16-32-14-6-3-7-15-32/h2,4-5,8,10-13,18-19H,3,6-7,9,14-17H2,1H3,(H,31,34). The van der Waals surface area contributed by atoms with Gasteiger partial charge in [-0.2, -0.15) is 13.2 Å². The highest BCUT2D eigenvalue weighted by Crippen LogP contribution is 2.31. The van der Waals surface area contributed by atoms with Crippen LogP contribution in [0.25, 0.3) is 11.3 Å². The average Bonchev–Trinajstić information content (AvgIpc) is 3.16. The Morgan fingerprint density at radius 3 is 2.38 bits per heavy atom. The summed E-state index contributed by atoms with van der Waals surface area (Å²) in [5.41, 5.74) is 2.55. The van der Waals surface area contributed by atoms with Gasteiger partial charge in [-0.05, 0) is 75.6 Å². The first-order valence-electron chi connectivity index (χ1n) is 11.8. The van der Waals surface area contributed by atoms with Gasteiger partial charge in [0.1, 0.15) is 0 Å². The quantitative estimate of drug-likeness (QED) is 0.423. The molecule has 0 aliphatic carbocycles. The average molecular weight is 470 g/mol. The van der Waals surface area contributed by atoms with E-state index < -0.39 is 17.6 Å². The van der Waals surface area contributed by atoms with Crippen molar-refractivity contribution in [2.24, 2.45) is 0 Å². The number of rotatable bonds is 7. The number of aromatic nitrogens is 1. The summed E-state index contributed by atoms with van der Waals surface area (Å²) in [7, 11) is 0. The van der Waals surface area contributed by atoms with Crippen molar-refractivity contribution in [3.8, 4) is 11.3 Å². The number of carbonyl (C=O) groups is 1. The normalized spacial score (nSPS) is 14.8. The Bertz CT molecular complexity index is 1120. The van der Waals surface area contributed by atoms with Gasteiger partial charge < -0.3 is 14.8 Å². The van der Waals surface area contributed by atoms with Crippen LogP contribution in [0.5, 0.6) is 0 Å². The largest absolute Gasteiger partial charge is 0.416 e. The number of hydrogen-bond donors (Lipinski definition) is 1. The van der Waals surface area contributed by atoms with Gasteiger partial charge >= 0.3 is 6.18 Å². The van der Waals surface area contributed by atoms with Crippen LogP contribution < -0.4 is 5.32 Å². The SMILES string of the molecule is Cc1c(C(=O)Nc2cccc(C(F)(F)F)c2)cc(-c2ccccc2)n1CCCN1CCCCC1. The lowest BCUT2D eigenvalue weighted by Gasteiger charge is -2.26. The molecule has 1 aliphatic rings. The van der Waals surface area contributed by atoms with Gasteiger partial charge in [-0.15, -0.1) is 0 Å². The Morgan fingerprint density at radius 2 is 1.68 bits per heavy atom. The number of piperidine rings is 1. The summed E-state index contributed by atoms with van der Waals surface area (Å²) < 4.78 is 41.4. The summed E-state index contributed by atoms with van der Waals surface area (Å²) in [4.78, 5) is 15.6. The Labute approximate surface area is 198 Å². The number of likely N-dealkylation sites (tertiary alicyclic amines) is 1. The van der Waals surface area contributed by atoms with Crippen LogP contribution in [-0.2, 0) is 12.7 Å². The van der Waals surface area contributed by atoms with Crippen molar-refractivity contribution in [1.29, 1.82) is 0 Å². The highest BCUT2D eigenvalue weighted by Gasteiger charge is 2.30. The third kappa shape index (κ3) is 5.70. The number of nitrogens with one attached hydrogen (secondary N) is 1. The maximum Gasteiger partial charge on any atom is 0.416 e. The van der Waals surface area contributed by atoms with Crippen molar-refractivity contribution in [1.82, 2.24) is 9.47 Å². The van der Waals surface area contributed by atoms with E-state index in [1.54, 1.807) is 0 Å². The number of carbonyl (C=O) groups excluding carboxylic acids is 1. The maximum absolute atomic E-state index is 13.1. The fraction of sp³-hybridized carbons (Fsp3) is 0.370. The molecule has 2 heterocycles. The zero-order valence-electron chi connectivity index (χ0n) is 19.4. The Hall–Kier alpha value is -3.06. The molecule has 2 aromatic carbocycles. The summed E-state index contributed by atoms with van der Waals surface area (Å²) in [6.07, 6.45) is 0.296. The third-order valence-electron chi connectivity index (χ3n) is 6.43. The number of benzene rings is 2. The van der Waals surface area contributed by atoms with E-state index in [9.17, 15) is 18.0 Å². The molecule has 1 aromatic heterocycles. The number of nitrogens with zero attached hydrogens (tertiary/aromatic N) is 2. The van der Waals surface area contributed by atoms with Crippen LogP contribution in [-0.4, -0.2) is 35.0 Å². The molecule has 0 bridgehead atoms. The summed E-state index contributed by atoms with van der Waals surface area (Å²) in [6.45, 7) is 5.96. The molecule has 34 heavy (non-hydrogen) atoms. The lowest BCUT2D eigenvalue weighted by atomic mass is 10.1. The first kappa shape index (κ1) is 24.1. The molecule has 7 heteroatoms. The van der Waals surface area contributed by atoms with E-state index in [4.69, 9.17) is 0 Å². The summed E-state index contributed by atoms with van der Waals surface area (Å²) >= 11 is 0. The first-order valence-corrected chi connectivity index (χ1v) is 11.8. The Morgan fingerprint density at radius 1 is 0.941 bits per heavy atom. The minimum atomic E-state index is -4.46. The molecule has 4 rings (SSSR count). The third-order valence-corrected chi connectivity index (χ3v) is 6.43. The van der Waals surface area contributed by atoms with Gasteiger partial charge in [0.25, 0.3) is 5.91 Å². The van der Waals surface area contributed by atoms with Gasteiger partial charge in [-0.1, -0.05) is 42.8 Å². The maximum atomic E-state index is 13.1. The predicted octanol–water partition coefficient (Wildman–Crippen LogP) is 6.61. The molecule has 4 nitrogen and oxygen atoms in total. The summed E-state index contributed by atoms with van der Waals surface area (Å²) in [5, 5.41) is 2.65. The predicted molar refractivity (Wildman–Crippen MR) is 129 cm³/mol. The van der Waals surface area contributed by atoms with Gasteiger partial charge in [0.05, 0.1) is 11.1 Å². The molecule has 0 unspecified atom stereocenters. The van der Waals surface area contributed by atoms with Crippen molar-refractivity contribution >= 4 is 11.6 Å². The van der Waals surface area contributed by atoms with Crippen LogP contribution >= 0.6 is 0 Å². The minimum absolute atomic E-state index is 0.123. The molecule has 1 aliphatic heterocycles. The van der Waals surface area contributed by atoms with Gasteiger partial charge in [-0.25, -0.2) is 0 Å². The smallest absolute Gasteiger partial charge is 0.344 e. The zero-order chi connectivity index (χ0) is 24.1. The van der Waals surface area contributed by atoms with Crippen molar-refractivity contribution in [2.75, 3.05) is 25.0 Å². The van der Waals surface area contributed by atoms with E-state index in [1.807, 2.05) is 43.3 Å². The molecule has 0 saturated carbocycles. The molecule has 1 fully saturated rings. The van der Waals surface area contributed by atoms with Crippen LogP contribution in [0, 0.1) is 6.92 Å². The molecule has 1 N–H and O–H groups in total.